The standard InChI is InChI=1S/C19H17ClN4O3/c1-12(25)22-17-8-7-16(27-2)9-18(17)23-19(26)13-10-21-24(11-13)15-5-3-14(20)4-6-15/h3-11H,1-2H3,(H,22,25)(H,23,26). The van der Waals surface area contributed by atoms with Crippen molar-refractivity contribution in [2.24, 2.45) is 0 Å². The lowest BCUT2D eigenvalue weighted by Crippen LogP contribution is -2.15. The number of amides is 2. The van der Waals surface area contributed by atoms with E-state index in [0.29, 0.717) is 27.7 Å². The maximum Gasteiger partial charge on any atom is 0.258 e. The minimum Gasteiger partial charge on any atom is -0.497 e. The Morgan fingerprint density at radius 2 is 1.81 bits per heavy atom. The van der Waals surface area contributed by atoms with Crippen LogP contribution in [0.15, 0.2) is 54.9 Å². The van der Waals surface area contributed by atoms with Gasteiger partial charge in [0.2, 0.25) is 5.91 Å². The highest BCUT2D eigenvalue weighted by atomic mass is 35.5. The Bertz CT molecular complexity index is 983. The summed E-state index contributed by atoms with van der Waals surface area (Å²) in [5, 5.41) is 10.3. The number of hydrogen-bond donors (Lipinski definition) is 2. The minimum absolute atomic E-state index is 0.244. The molecule has 8 heteroatoms. The van der Waals surface area contributed by atoms with E-state index in [1.807, 2.05) is 0 Å². The first-order valence-corrected chi connectivity index (χ1v) is 8.41. The summed E-state index contributed by atoms with van der Waals surface area (Å²) in [5.74, 6) is -0.0578. The number of nitrogens with zero attached hydrogens (tertiary/aromatic N) is 2. The highest BCUT2D eigenvalue weighted by molar-refractivity contribution is 6.30. The Morgan fingerprint density at radius 1 is 1.07 bits per heavy atom. The lowest BCUT2D eigenvalue weighted by molar-refractivity contribution is -0.114. The van der Waals surface area contributed by atoms with Crippen molar-refractivity contribution in [1.82, 2.24) is 9.78 Å². The summed E-state index contributed by atoms with van der Waals surface area (Å²) >= 11 is 5.89. The normalized spacial score (nSPS) is 10.3. The van der Waals surface area contributed by atoms with Gasteiger partial charge < -0.3 is 15.4 Å². The number of benzene rings is 2. The van der Waals surface area contributed by atoms with E-state index < -0.39 is 0 Å². The molecule has 0 radical (unpaired) electrons. The number of aromatic nitrogens is 2. The molecule has 27 heavy (non-hydrogen) atoms. The second-order valence-corrected chi connectivity index (χ2v) is 6.13. The van der Waals surface area contributed by atoms with Crippen LogP contribution in [0.2, 0.25) is 5.02 Å². The van der Waals surface area contributed by atoms with Crippen LogP contribution >= 0.6 is 11.6 Å². The van der Waals surface area contributed by atoms with Gasteiger partial charge in [-0.25, -0.2) is 4.68 Å². The van der Waals surface area contributed by atoms with Crippen LogP contribution in [0.5, 0.6) is 5.75 Å². The van der Waals surface area contributed by atoms with E-state index in [0.717, 1.165) is 5.69 Å². The van der Waals surface area contributed by atoms with Gasteiger partial charge in [-0.3, -0.25) is 9.59 Å². The molecule has 0 fully saturated rings. The topological polar surface area (TPSA) is 85.2 Å². The highest BCUT2D eigenvalue weighted by Crippen LogP contribution is 2.27. The molecule has 0 aliphatic rings. The van der Waals surface area contributed by atoms with Crippen molar-refractivity contribution < 1.29 is 14.3 Å². The summed E-state index contributed by atoms with van der Waals surface area (Å²) in [4.78, 5) is 24.0. The molecule has 0 spiro atoms. The van der Waals surface area contributed by atoms with E-state index in [1.165, 1.54) is 20.2 Å². The quantitative estimate of drug-likeness (QED) is 0.701. The predicted octanol–water partition coefficient (Wildman–Crippen LogP) is 3.75. The zero-order valence-electron chi connectivity index (χ0n) is 14.7. The number of halogens is 1. The molecule has 0 saturated heterocycles. The molecule has 1 heterocycles. The van der Waals surface area contributed by atoms with Crippen LogP contribution < -0.4 is 15.4 Å². The van der Waals surface area contributed by atoms with E-state index in [1.54, 1.807) is 53.3 Å². The van der Waals surface area contributed by atoms with Crippen LogP contribution in [-0.4, -0.2) is 28.7 Å². The van der Waals surface area contributed by atoms with Gasteiger partial charge in [0.1, 0.15) is 5.75 Å². The fourth-order valence-corrected chi connectivity index (χ4v) is 2.55. The highest BCUT2D eigenvalue weighted by Gasteiger charge is 2.13. The lowest BCUT2D eigenvalue weighted by Gasteiger charge is -2.12. The van der Waals surface area contributed by atoms with Crippen LogP contribution in [0.3, 0.4) is 0 Å². The van der Waals surface area contributed by atoms with Gasteiger partial charge in [-0.2, -0.15) is 5.10 Å². The molecule has 2 aromatic carbocycles. The van der Waals surface area contributed by atoms with Gasteiger partial charge in [-0.1, -0.05) is 11.6 Å². The van der Waals surface area contributed by atoms with Crippen molar-refractivity contribution in [2.45, 2.75) is 6.92 Å². The molecule has 0 aliphatic heterocycles. The number of hydrogen-bond acceptors (Lipinski definition) is 4. The molecular formula is C19H17ClN4O3. The van der Waals surface area contributed by atoms with Gasteiger partial charge in [0.15, 0.2) is 0 Å². The van der Waals surface area contributed by atoms with Crippen molar-refractivity contribution >= 4 is 34.8 Å². The number of anilines is 2. The maximum absolute atomic E-state index is 12.6. The van der Waals surface area contributed by atoms with Crippen LogP contribution in [0.4, 0.5) is 11.4 Å². The molecule has 7 nitrogen and oxygen atoms in total. The van der Waals surface area contributed by atoms with Gasteiger partial charge >= 0.3 is 0 Å². The summed E-state index contributed by atoms with van der Waals surface area (Å²) in [6, 6.07) is 12.1. The Labute approximate surface area is 160 Å². The monoisotopic (exact) mass is 384 g/mol. The largest absolute Gasteiger partial charge is 0.497 e. The first-order valence-electron chi connectivity index (χ1n) is 8.04. The number of nitrogens with one attached hydrogen (secondary N) is 2. The summed E-state index contributed by atoms with van der Waals surface area (Å²) in [6.07, 6.45) is 3.07. The number of rotatable bonds is 5. The maximum atomic E-state index is 12.6. The molecule has 0 bridgehead atoms. The van der Waals surface area contributed by atoms with Crippen molar-refractivity contribution in [3.63, 3.8) is 0 Å². The summed E-state index contributed by atoms with van der Waals surface area (Å²) in [7, 11) is 1.52. The minimum atomic E-state index is -0.366. The zero-order valence-corrected chi connectivity index (χ0v) is 15.4. The Kier molecular flexibility index (Phi) is 5.42. The van der Waals surface area contributed by atoms with E-state index >= 15 is 0 Å². The van der Waals surface area contributed by atoms with Crippen LogP contribution in [0, 0.1) is 0 Å². The third-order valence-corrected chi connectivity index (χ3v) is 3.97. The average Bonchev–Trinajstić information content (AvgIpc) is 3.13. The van der Waals surface area contributed by atoms with Crippen molar-refractivity contribution in [2.75, 3.05) is 17.7 Å². The summed E-state index contributed by atoms with van der Waals surface area (Å²) in [5.41, 5.74) is 2.04. The Balaban J connectivity index is 1.83. The van der Waals surface area contributed by atoms with Gasteiger partial charge in [0.05, 0.1) is 35.9 Å². The lowest BCUT2D eigenvalue weighted by atomic mass is 10.2. The van der Waals surface area contributed by atoms with E-state index in [9.17, 15) is 9.59 Å². The molecule has 2 N–H and O–H groups in total. The SMILES string of the molecule is COc1ccc(NC(C)=O)c(NC(=O)c2cnn(-c3ccc(Cl)cc3)c2)c1. The molecule has 0 atom stereocenters. The van der Waals surface area contributed by atoms with Crippen LogP contribution in [0.1, 0.15) is 17.3 Å². The first kappa shape index (κ1) is 18.5. The predicted molar refractivity (Wildman–Crippen MR) is 104 cm³/mol. The molecule has 2 amide bonds. The molecule has 0 aliphatic carbocycles. The number of ether oxygens (including phenoxy) is 1. The molecule has 138 valence electrons. The number of methoxy groups -OCH3 is 1. The fraction of sp³-hybridized carbons (Fsp3) is 0.105. The van der Waals surface area contributed by atoms with Crippen molar-refractivity contribution in [3.05, 3.63) is 65.4 Å². The average molecular weight is 385 g/mol. The fourth-order valence-electron chi connectivity index (χ4n) is 2.42. The summed E-state index contributed by atoms with van der Waals surface area (Å²) < 4.78 is 6.76. The number of carbonyl (C=O) groups is 2. The van der Waals surface area contributed by atoms with Crippen molar-refractivity contribution in [3.8, 4) is 11.4 Å². The smallest absolute Gasteiger partial charge is 0.258 e. The zero-order chi connectivity index (χ0) is 19.4. The third-order valence-electron chi connectivity index (χ3n) is 3.72. The second-order valence-electron chi connectivity index (χ2n) is 5.70. The molecule has 0 unspecified atom stereocenters. The van der Waals surface area contributed by atoms with Gasteiger partial charge in [-0.15, -0.1) is 0 Å². The Hall–Kier alpha value is -3.32. The van der Waals surface area contributed by atoms with Crippen molar-refractivity contribution in [1.29, 1.82) is 0 Å². The van der Waals surface area contributed by atoms with Crippen LogP contribution in [-0.2, 0) is 4.79 Å². The van der Waals surface area contributed by atoms with E-state index in [4.69, 9.17) is 16.3 Å². The van der Waals surface area contributed by atoms with E-state index in [2.05, 4.69) is 15.7 Å². The second kappa shape index (κ2) is 7.92. The van der Waals surface area contributed by atoms with Crippen LogP contribution in [0.25, 0.3) is 5.69 Å². The molecular weight excluding hydrogens is 368 g/mol. The molecule has 3 rings (SSSR count). The molecule has 1 aromatic heterocycles. The van der Waals surface area contributed by atoms with Gasteiger partial charge in [0.25, 0.3) is 5.91 Å². The summed E-state index contributed by atoms with van der Waals surface area (Å²) in [6.45, 7) is 1.39. The van der Waals surface area contributed by atoms with Gasteiger partial charge in [-0.05, 0) is 36.4 Å². The van der Waals surface area contributed by atoms with E-state index in [-0.39, 0.29) is 11.8 Å². The molecule has 0 saturated carbocycles. The third kappa shape index (κ3) is 4.45. The van der Waals surface area contributed by atoms with Gasteiger partial charge in [0, 0.05) is 24.2 Å². The number of carbonyl (C=O) groups excluding carboxylic acids is 2. The Morgan fingerprint density at radius 3 is 2.48 bits per heavy atom. The first-order chi connectivity index (χ1) is 13.0. The molecule has 3 aromatic rings.